The smallest absolute Gasteiger partial charge is 0.241 e. The van der Waals surface area contributed by atoms with Crippen LogP contribution in [-0.2, 0) is 9.59 Å². The number of benzene rings is 2. The lowest BCUT2D eigenvalue weighted by Crippen LogP contribution is -2.33. The zero-order chi connectivity index (χ0) is 16.9. The number of carbonyl (C=O) groups excluding carboxylic acids is 2. The van der Waals surface area contributed by atoms with Crippen molar-refractivity contribution in [3.63, 3.8) is 0 Å². The van der Waals surface area contributed by atoms with E-state index in [0.29, 0.717) is 0 Å². The van der Waals surface area contributed by atoms with Gasteiger partial charge in [0.1, 0.15) is 5.75 Å². The number of phenolic OH excluding ortho intramolecular Hbond substituents is 1. The van der Waals surface area contributed by atoms with Gasteiger partial charge in [0.05, 0.1) is 17.2 Å². The third-order valence-electron chi connectivity index (χ3n) is 3.37. The van der Waals surface area contributed by atoms with Crippen LogP contribution in [0, 0.1) is 0 Å². The van der Waals surface area contributed by atoms with Gasteiger partial charge in [0.25, 0.3) is 0 Å². The molecule has 1 aliphatic rings. The van der Waals surface area contributed by atoms with E-state index in [1.807, 2.05) is 24.3 Å². The van der Waals surface area contributed by atoms with Crippen molar-refractivity contribution < 1.29 is 14.7 Å². The Balaban J connectivity index is 1.55. The number of para-hydroxylation sites is 1. The maximum atomic E-state index is 12.0. The van der Waals surface area contributed by atoms with Crippen molar-refractivity contribution in [1.29, 1.82) is 0 Å². The number of phenols is 1. The molecule has 0 spiro atoms. The van der Waals surface area contributed by atoms with Crippen molar-refractivity contribution in [3.8, 4) is 5.75 Å². The normalized spacial score (nSPS) is 16.5. The topological polar surface area (TPSA) is 90.8 Å². The molecular weight excluding hydrogens is 326 g/mol. The van der Waals surface area contributed by atoms with Crippen LogP contribution in [0.3, 0.4) is 0 Å². The first-order valence-corrected chi connectivity index (χ1v) is 8.17. The Morgan fingerprint density at radius 3 is 2.79 bits per heavy atom. The summed E-state index contributed by atoms with van der Waals surface area (Å²) in [6.45, 7) is 0. The zero-order valence-electron chi connectivity index (χ0n) is 12.6. The highest BCUT2D eigenvalue weighted by molar-refractivity contribution is 8.01. The number of anilines is 1. The molecule has 2 aromatic rings. The number of hydrogen-bond acceptors (Lipinski definition) is 5. The summed E-state index contributed by atoms with van der Waals surface area (Å²) in [5.41, 5.74) is 3.93. The first-order valence-electron chi connectivity index (χ1n) is 7.29. The van der Waals surface area contributed by atoms with Gasteiger partial charge in [-0.1, -0.05) is 12.1 Å². The van der Waals surface area contributed by atoms with E-state index in [1.54, 1.807) is 12.1 Å². The predicted molar refractivity (Wildman–Crippen MR) is 93.2 cm³/mol. The average molecular weight is 341 g/mol. The minimum atomic E-state index is -0.483. The standard InChI is InChI=1S/C17H15N3O3S/c21-12-7-5-11(6-8-12)10-18-20-16(22)9-15-17(23)19-13-3-1-2-4-14(13)24-15/h1-8,10,15,21H,9H2,(H,19,23)(H,20,22)/b18-10+/t15-/m0/s1. The highest BCUT2D eigenvalue weighted by Crippen LogP contribution is 2.36. The Morgan fingerprint density at radius 2 is 2.00 bits per heavy atom. The van der Waals surface area contributed by atoms with E-state index in [0.717, 1.165) is 16.1 Å². The van der Waals surface area contributed by atoms with Gasteiger partial charge in [0.15, 0.2) is 0 Å². The van der Waals surface area contributed by atoms with Gasteiger partial charge in [-0.05, 0) is 42.0 Å². The summed E-state index contributed by atoms with van der Waals surface area (Å²) < 4.78 is 0. The average Bonchev–Trinajstić information content (AvgIpc) is 2.57. The first kappa shape index (κ1) is 16.1. The molecule has 2 aromatic carbocycles. The molecule has 1 heterocycles. The maximum Gasteiger partial charge on any atom is 0.241 e. The van der Waals surface area contributed by atoms with Crippen molar-refractivity contribution in [2.24, 2.45) is 5.10 Å². The summed E-state index contributed by atoms with van der Waals surface area (Å²) in [6, 6.07) is 13.9. The number of nitrogens with one attached hydrogen (secondary N) is 2. The second-order valence-electron chi connectivity index (χ2n) is 5.18. The Morgan fingerprint density at radius 1 is 1.25 bits per heavy atom. The van der Waals surface area contributed by atoms with E-state index in [2.05, 4.69) is 15.8 Å². The molecule has 122 valence electrons. The molecule has 0 saturated carbocycles. The Bertz CT molecular complexity index is 790. The Kier molecular flexibility index (Phi) is 4.81. The quantitative estimate of drug-likeness (QED) is 0.588. The molecule has 0 aliphatic carbocycles. The lowest BCUT2D eigenvalue weighted by molar-refractivity contribution is -0.124. The van der Waals surface area contributed by atoms with E-state index in [9.17, 15) is 14.7 Å². The van der Waals surface area contributed by atoms with Crippen LogP contribution in [-0.4, -0.2) is 28.4 Å². The van der Waals surface area contributed by atoms with Gasteiger partial charge in [0.2, 0.25) is 11.8 Å². The summed E-state index contributed by atoms with van der Waals surface area (Å²) in [5.74, 6) is -0.356. The van der Waals surface area contributed by atoms with Gasteiger partial charge in [-0.25, -0.2) is 5.43 Å². The molecule has 0 saturated heterocycles. The minimum Gasteiger partial charge on any atom is -0.508 e. The van der Waals surface area contributed by atoms with Crippen LogP contribution in [0.1, 0.15) is 12.0 Å². The molecule has 6 nitrogen and oxygen atoms in total. The van der Waals surface area contributed by atoms with E-state index >= 15 is 0 Å². The molecule has 0 unspecified atom stereocenters. The van der Waals surface area contributed by atoms with Crippen LogP contribution in [0.2, 0.25) is 0 Å². The van der Waals surface area contributed by atoms with E-state index in [-0.39, 0.29) is 24.0 Å². The van der Waals surface area contributed by atoms with E-state index in [1.165, 1.54) is 30.1 Å². The van der Waals surface area contributed by atoms with Gasteiger partial charge >= 0.3 is 0 Å². The van der Waals surface area contributed by atoms with Crippen LogP contribution in [0.5, 0.6) is 5.75 Å². The molecule has 24 heavy (non-hydrogen) atoms. The van der Waals surface area contributed by atoms with Crippen LogP contribution >= 0.6 is 11.8 Å². The number of hydrogen-bond donors (Lipinski definition) is 3. The largest absolute Gasteiger partial charge is 0.508 e. The number of carbonyl (C=O) groups is 2. The molecule has 0 bridgehead atoms. The van der Waals surface area contributed by atoms with Crippen LogP contribution in [0.25, 0.3) is 0 Å². The lowest BCUT2D eigenvalue weighted by Gasteiger charge is -2.23. The van der Waals surface area contributed by atoms with Gasteiger partial charge in [-0.3, -0.25) is 9.59 Å². The fourth-order valence-corrected chi connectivity index (χ4v) is 3.29. The molecule has 1 atom stereocenters. The molecule has 0 aromatic heterocycles. The molecule has 7 heteroatoms. The van der Waals surface area contributed by atoms with Crippen molar-refractivity contribution in [1.82, 2.24) is 5.43 Å². The molecule has 0 radical (unpaired) electrons. The van der Waals surface area contributed by atoms with Crippen LogP contribution < -0.4 is 10.7 Å². The highest BCUT2D eigenvalue weighted by atomic mass is 32.2. The summed E-state index contributed by atoms with van der Waals surface area (Å²) in [6.07, 6.45) is 1.51. The molecular formula is C17H15N3O3S. The zero-order valence-corrected chi connectivity index (χ0v) is 13.4. The summed E-state index contributed by atoms with van der Waals surface area (Å²) in [5, 5.41) is 15.4. The second-order valence-corrected chi connectivity index (χ2v) is 6.43. The number of hydrazone groups is 1. The molecule has 0 fully saturated rings. The van der Waals surface area contributed by atoms with Gasteiger partial charge in [0, 0.05) is 11.3 Å². The number of aromatic hydroxyl groups is 1. The monoisotopic (exact) mass is 341 g/mol. The third kappa shape index (κ3) is 3.94. The fourth-order valence-electron chi connectivity index (χ4n) is 2.18. The highest BCUT2D eigenvalue weighted by Gasteiger charge is 2.28. The minimum absolute atomic E-state index is 0.0394. The second kappa shape index (κ2) is 7.18. The van der Waals surface area contributed by atoms with E-state index in [4.69, 9.17) is 0 Å². The Labute approximate surface area is 143 Å². The van der Waals surface area contributed by atoms with Crippen LogP contribution in [0.15, 0.2) is 58.5 Å². The molecule has 3 N–H and O–H groups in total. The predicted octanol–water partition coefficient (Wildman–Crippen LogP) is 2.35. The summed E-state index contributed by atoms with van der Waals surface area (Å²) in [7, 11) is 0. The van der Waals surface area contributed by atoms with Crippen molar-refractivity contribution in [2.75, 3.05) is 5.32 Å². The van der Waals surface area contributed by atoms with Gasteiger partial charge in [-0.2, -0.15) is 5.10 Å². The number of amides is 2. The van der Waals surface area contributed by atoms with Gasteiger partial charge in [-0.15, -0.1) is 11.8 Å². The van der Waals surface area contributed by atoms with E-state index < -0.39 is 5.25 Å². The molecule has 2 amide bonds. The summed E-state index contributed by atoms with van der Waals surface area (Å²) >= 11 is 1.37. The lowest BCUT2D eigenvalue weighted by atomic mass is 10.2. The molecule has 3 rings (SSSR count). The third-order valence-corrected chi connectivity index (χ3v) is 4.65. The SMILES string of the molecule is O=C(C[C@@H]1Sc2ccccc2NC1=O)N/N=C/c1ccc(O)cc1. The Hall–Kier alpha value is -2.80. The van der Waals surface area contributed by atoms with Crippen molar-refractivity contribution >= 4 is 35.5 Å². The number of rotatable bonds is 4. The van der Waals surface area contributed by atoms with Gasteiger partial charge < -0.3 is 10.4 Å². The fraction of sp³-hybridized carbons (Fsp3) is 0.118. The van der Waals surface area contributed by atoms with Crippen LogP contribution in [0.4, 0.5) is 5.69 Å². The van der Waals surface area contributed by atoms with Crippen molar-refractivity contribution in [2.45, 2.75) is 16.6 Å². The number of fused-ring (bicyclic) bond motifs is 1. The van der Waals surface area contributed by atoms with Crippen molar-refractivity contribution in [3.05, 3.63) is 54.1 Å². The number of nitrogens with zero attached hydrogens (tertiary/aromatic N) is 1. The summed E-state index contributed by atoms with van der Waals surface area (Å²) in [4.78, 5) is 24.9. The maximum absolute atomic E-state index is 12.0. The molecule has 1 aliphatic heterocycles. The first-order chi connectivity index (χ1) is 11.6. The number of thioether (sulfide) groups is 1.